The summed E-state index contributed by atoms with van der Waals surface area (Å²) in [5, 5.41) is 0.644. The number of rotatable bonds is 4. The Morgan fingerprint density at radius 3 is 3.05 bits per heavy atom. The molecule has 1 heterocycles. The predicted octanol–water partition coefficient (Wildman–Crippen LogP) is 3.47. The van der Waals surface area contributed by atoms with Crippen molar-refractivity contribution in [1.82, 2.24) is 9.55 Å². The average Bonchev–Trinajstić information content (AvgIpc) is 3.01. The fourth-order valence-electron chi connectivity index (χ4n) is 3.18. The average molecular weight is 291 g/mol. The van der Waals surface area contributed by atoms with Gasteiger partial charge in [0.1, 0.15) is 5.75 Å². The first-order valence-electron chi connectivity index (χ1n) is 7.17. The first-order valence-corrected chi connectivity index (χ1v) is 8.22. The molecule has 0 bridgehead atoms. The molecule has 1 aromatic carbocycles. The number of ether oxygens (including phenoxy) is 1. The second-order valence-electron chi connectivity index (χ2n) is 5.19. The predicted molar refractivity (Wildman–Crippen MR) is 85.5 cm³/mol. The lowest BCUT2D eigenvalue weighted by Crippen LogP contribution is -2.18. The molecule has 0 aliphatic heterocycles. The van der Waals surface area contributed by atoms with Crippen molar-refractivity contribution >= 4 is 28.7 Å². The Bertz CT molecular complexity index is 610. The van der Waals surface area contributed by atoms with E-state index >= 15 is 0 Å². The molecule has 1 saturated carbocycles. The number of hydrogen-bond acceptors (Lipinski definition) is 4. The first kappa shape index (κ1) is 13.6. The lowest BCUT2D eigenvalue weighted by atomic mass is 10.2. The Labute approximate surface area is 123 Å². The fourth-order valence-corrected chi connectivity index (χ4v) is 4.42. The number of benzene rings is 1. The molecule has 1 aromatic heterocycles. The molecule has 2 aromatic rings. The molecule has 1 aliphatic carbocycles. The Hall–Kier alpha value is -1.36. The molecule has 2 unspecified atom stereocenters. The number of nitrogen functional groups attached to an aromatic ring is 1. The molecule has 0 saturated heterocycles. The van der Waals surface area contributed by atoms with Gasteiger partial charge in [-0.2, -0.15) is 11.8 Å². The lowest BCUT2D eigenvalue weighted by molar-refractivity contribution is 0.415. The van der Waals surface area contributed by atoms with Gasteiger partial charge in [-0.25, -0.2) is 4.98 Å². The van der Waals surface area contributed by atoms with Crippen molar-refractivity contribution in [1.29, 1.82) is 0 Å². The van der Waals surface area contributed by atoms with E-state index in [-0.39, 0.29) is 0 Å². The second kappa shape index (κ2) is 5.56. The van der Waals surface area contributed by atoms with E-state index in [0.29, 0.717) is 17.2 Å². The van der Waals surface area contributed by atoms with Gasteiger partial charge < -0.3 is 15.0 Å². The van der Waals surface area contributed by atoms with Crippen molar-refractivity contribution in [3.05, 3.63) is 18.2 Å². The number of nitrogens with two attached hydrogens (primary N) is 1. The van der Waals surface area contributed by atoms with E-state index in [4.69, 9.17) is 10.5 Å². The number of nitrogens with zero attached hydrogens (tertiary/aromatic N) is 2. The maximum atomic E-state index is 6.18. The third kappa shape index (κ3) is 2.24. The highest BCUT2D eigenvalue weighted by molar-refractivity contribution is 7.99. The van der Waals surface area contributed by atoms with Crippen LogP contribution in [0.25, 0.3) is 11.0 Å². The molecule has 0 spiro atoms. The number of anilines is 1. The summed E-state index contributed by atoms with van der Waals surface area (Å²) < 4.78 is 7.56. The van der Waals surface area contributed by atoms with E-state index in [2.05, 4.69) is 16.5 Å². The van der Waals surface area contributed by atoms with Crippen molar-refractivity contribution < 1.29 is 4.74 Å². The molecule has 5 heteroatoms. The van der Waals surface area contributed by atoms with Crippen LogP contribution < -0.4 is 10.5 Å². The Morgan fingerprint density at radius 1 is 1.45 bits per heavy atom. The van der Waals surface area contributed by atoms with Gasteiger partial charge in [0.2, 0.25) is 5.95 Å². The molecule has 2 N–H and O–H groups in total. The van der Waals surface area contributed by atoms with E-state index in [1.165, 1.54) is 19.3 Å². The van der Waals surface area contributed by atoms with Crippen molar-refractivity contribution in [2.75, 3.05) is 18.6 Å². The highest BCUT2D eigenvalue weighted by atomic mass is 32.2. The van der Waals surface area contributed by atoms with Crippen molar-refractivity contribution in [3.8, 4) is 5.75 Å². The summed E-state index contributed by atoms with van der Waals surface area (Å²) in [6.45, 7) is 2.22. The van der Waals surface area contributed by atoms with Crippen LogP contribution in [-0.2, 0) is 0 Å². The molecular weight excluding hydrogens is 270 g/mol. The lowest BCUT2D eigenvalue weighted by Gasteiger charge is -2.22. The number of fused-ring (bicyclic) bond motifs is 1. The number of hydrogen-bond donors (Lipinski definition) is 1. The highest BCUT2D eigenvalue weighted by Crippen LogP contribution is 2.41. The monoisotopic (exact) mass is 291 g/mol. The van der Waals surface area contributed by atoms with Crippen LogP contribution in [0, 0.1) is 0 Å². The summed E-state index contributed by atoms with van der Waals surface area (Å²) >= 11 is 2.04. The van der Waals surface area contributed by atoms with E-state index in [1.54, 1.807) is 7.11 Å². The number of thioether (sulfide) groups is 1. The second-order valence-corrected chi connectivity index (χ2v) is 6.70. The van der Waals surface area contributed by atoms with Gasteiger partial charge in [0, 0.05) is 17.4 Å². The summed E-state index contributed by atoms with van der Waals surface area (Å²) in [7, 11) is 1.69. The van der Waals surface area contributed by atoms with E-state index in [0.717, 1.165) is 22.5 Å². The standard InChI is InChI=1S/C15H21N3OS/c1-3-20-14-6-4-5-12(14)18-13-9-10(19-2)7-8-11(13)17-15(18)16/h7-9,12,14H,3-6H2,1-2H3,(H2,16,17). The minimum absolute atomic E-state index is 0.456. The largest absolute Gasteiger partial charge is 0.497 e. The smallest absolute Gasteiger partial charge is 0.201 e. The minimum atomic E-state index is 0.456. The molecule has 20 heavy (non-hydrogen) atoms. The summed E-state index contributed by atoms with van der Waals surface area (Å²) in [6.07, 6.45) is 3.72. The SMILES string of the molecule is CCSC1CCCC1n1c(N)nc2ccc(OC)cc21. The van der Waals surface area contributed by atoms with Crippen LogP contribution in [0.4, 0.5) is 5.95 Å². The van der Waals surface area contributed by atoms with Crippen LogP contribution in [0.3, 0.4) is 0 Å². The Kier molecular flexibility index (Phi) is 3.78. The van der Waals surface area contributed by atoms with Gasteiger partial charge in [-0.05, 0) is 30.7 Å². The molecule has 1 aliphatic rings. The van der Waals surface area contributed by atoms with Crippen molar-refractivity contribution in [3.63, 3.8) is 0 Å². The van der Waals surface area contributed by atoms with Crippen LogP contribution in [-0.4, -0.2) is 27.7 Å². The summed E-state index contributed by atoms with van der Waals surface area (Å²) in [6, 6.07) is 6.42. The molecule has 3 rings (SSSR count). The number of aromatic nitrogens is 2. The molecule has 1 fully saturated rings. The number of imidazole rings is 1. The molecule has 2 atom stereocenters. The van der Waals surface area contributed by atoms with E-state index < -0.39 is 0 Å². The zero-order valence-corrected chi connectivity index (χ0v) is 12.8. The van der Waals surface area contributed by atoms with Crippen LogP contribution in [0.15, 0.2) is 18.2 Å². The topological polar surface area (TPSA) is 53.1 Å². The minimum Gasteiger partial charge on any atom is -0.497 e. The van der Waals surface area contributed by atoms with Gasteiger partial charge in [-0.3, -0.25) is 0 Å². The molecule has 0 amide bonds. The van der Waals surface area contributed by atoms with Gasteiger partial charge in [0.25, 0.3) is 0 Å². The van der Waals surface area contributed by atoms with Gasteiger partial charge in [0.05, 0.1) is 18.1 Å². The van der Waals surface area contributed by atoms with Gasteiger partial charge in [-0.1, -0.05) is 13.3 Å². The Morgan fingerprint density at radius 2 is 2.30 bits per heavy atom. The highest BCUT2D eigenvalue weighted by Gasteiger charge is 2.31. The first-order chi connectivity index (χ1) is 9.74. The van der Waals surface area contributed by atoms with Crippen LogP contribution in [0.1, 0.15) is 32.2 Å². The maximum Gasteiger partial charge on any atom is 0.201 e. The van der Waals surface area contributed by atoms with Crippen LogP contribution in [0.5, 0.6) is 5.75 Å². The zero-order valence-electron chi connectivity index (χ0n) is 12.0. The fraction of sp³-hybridized carbons (Fsp3) is 0.533. The quantitative estimate of drug-likeness (QED) is 0.937. The molecule has 4 nitrogen and oxygen atoms in total. The summed E-state index contributed by atoms with van der Waals surface area (Å²) in [5.41, 5.74) is 8.23. The Balaban J connectivity index is 2.07. The summed E-state index contributed by atoms with van der Waals surface area (Å²) in [5.74, 6) is 2.63. The van der Waals surface area contributed by atoms with Gasteiger partial charge >= 0.3 is 0 Å². The third-order valence-electron chi connectivity index (χ3n) is 4.05. The normalized spacial score (nSPS) is 22.5. The molecular formula is C15H21N3OS. The van der Waals surface area contributed by atoms with Gasteiger partial charge in [0.15, 0.2) is 0 Å². The third-order valence-corrected chi connectivity index (χ3v) is 5.37. The maximum absolute atomic E-state index is 6.18. The summed E-state index contributed by atoms with van der Waals surface area (Å²) in [4.78, 5) is 4.50. The van der Waals surface area contributed by atoms with Gasteiger partial charge in [-0.15, -0.1) is 0 Å². The molecule has 0 radical (unpaired) electrons. The zero-order chi connectivity index (χ0) is 14.1. The number of methoxy groups -OCH3 is 1. The van der Waals surface area contributed by atoms with Crippen molar-refractivity contribution in [2.24, 2.45) is 0 Å². The van der Waals surface area contributed by atoms with E-state index in [1.807, 2.05) is 30.0 Å². The molecule has 108 valence electrons. The van der Waals surface area contributed by atoms with Crippen LogP contribution >= 0.6 is 11.8 Å². The van der Waals surface area contributed by atoms with Crippen molar-refractivity contribution in [2.45, 2.75) is 37.5 Å². The van der Waals surface area contributed by atoms with Crippen LogP contribution in [0.2, 0.25) is 0 Å². The van der Waals surface area contributed by atoms with E-state index in [9.17, 15) is 0 Å².